The zero-order valence-corrected chi connectivity index (χ0v) is 18.6. The monoisotopic (exact) mass is 443 g/mol. The quantitative estimate of drug-likeness (QED) is 0.304. The molecule has 0 aromatic heterocycles. The fraction of sp³-hybridized carbons (Fsp3) is 0.174. The third-order valence-corrected chi connectivity index (χ3v) is 9.67. The van der Waals surface area contributed by atoms with Gasteiger partial charge in [-0.2, -0.15) is 0 Å². The van der Waals surface area contributed by atoms with Gasteiger partial charge in [-0.3, -0.25) is 4.79 Å². The van der Waals surface area contributed by atoms with Gasteiger partial charge in [0.05, 0.1) is 10.7 Å². The van der Waals surface area contributed by atoms with Crippen LogP contribution >= 0.6 is 30.5 Å². The van der Waals surface area contributed by atoms with Crippen molar-refractivity contribution in [3.63, 3.8) is 0 Å². The zero-order valence-electron chi connectivity index (χ0n) is 16.1. The number of halogens is 1. The van der Waals surface area contributed by atoms with E-state index in [1.54, 1.807) is 18.7 Å². The summed E-state index contributed by atoms with van der Waals surface area (Å²) in [5, 5.41) is 5.03. The first-order valence-electron chi connectivity index (χ1n) is 9.39. The number of thioether (sulfide) groups is 1. The van der Waals surface area contributed by atoms with Gasteiger partial charge in [0.2, 0.25) is 5.91 Å². The third-order valence-electron chi connectivity index (χ3n) is 4.70. The molecule has 0 radical (unpaired) electrons. The highest BCUT2D eigenvalue weighted by atomic mass is 35.5. The van der Waals surface area contributed by atoms with Gasteiger partial charge < -0.3 is 9.88 Å². The van der Waals surface area contributed by atoms with Crippen LogP contribution in [-0.4, -0.2) is 23.9 Å². The van der Waals surface area contributed by atoms with Crippen molar-refractivity contribution >= 4 is 47.0 Å². The minimum absolute atomic E-state index is 0.208. The summed E-state index contributed by atoms with van der Waals surface area (Å²) >= 11 is 7.75. The number of carbonyl (C=O) groups excluding carboxylic acids is 1. The van der Waals surface area contributed by atoms with Crippen molar-refractivity contribution in [2.45, 2.75) is 17.5 Å². The Morgan fingerprint density at radius 3 is 2.00 bits per heavy atom. The third kappa shape index (κ3) is 5.14. The molecule has 3 nitrogen and oxygen atoms in total. The number of hydrogen-bond donors (Lipinski definition) is 1. The van der Waals surface area contributed by atoms with Crippen molar-refractivity contribution in [3.8, 4) is 0 Å². The van der Waals surface area contributed by atoms with Gasteiger partial charge in [0.25, 0.3) is 0 Å². The van der Waals surface area contributed by atoms with E-state index < -0.39 is 12.8 Å². The van der Waals surface area contributed by atoms with Crippen LogP contribution < -0.4 is 15.9 Å². The van der Waals surface area contributed by atoms with Crippen LogP contribution in [0.3, 0.4) is 0 Å². The molecule has 0 aliphatic rings. The van der Waals surface area contributed by atoms with E-state index in [0.717, 1.165) is 4.90 Å². The van der Waals surface area contributed by atoms with E-state index in [-0.39, 0.29) is 5.91 Å². The van der Waals surface area contributed by atoms with Crippen LogP contribution in [0.25, 0.3) is 0 Å². The van der Waals surface area contributed by atoms with E-state index in [1.165, 1.54) is 0 Å². The first-order chi connectivity index (χ1) is 14.0. The van der Waals surface area contributed by atoms with Crippen molar-refractivity contribution < 1.29 is 9.36 Å². The highest BCUT2D eigenvalue weighted by Gasteiger charge is 2.37. The molecule has 0 fully saturated rings. The predicted molar refractivity (Wildman–Crippen MR) is 124 cm³/mol. The summed E-state index contributed by atoms with van der Waals surface area (Å²) in [5.74, 6) is 0.476. The summed E-state index contributed by atoms with van der Waals surface area (Å²) in [6.45, 7) is 2.22. The molecule has 1 unspecified atom stereocenters. The Morgan fingerprint density at radius 2 is 1.45 bits per heavy atom. The average Bonchev–Trinajstić information content (AvgIpc) is 2.77. The van der Waals surface area contributed by atoms with Crippen LogP contribution in [0.1, 0.15) is 6.92 Å². The molecule has 1 amide bonds. The topological polar surface area (TPSA) is 46.2 Å². The molecule has 3 aromatic carbocycles. The molecule has 1 N–H and O–H groups in total. The minimum Gasteiger partial charge on any atom is -0.355 e. The maximum atomic E-state index is 14.2. The lowest BCUT2D eigenvalue weighted by molar-refractivity contribution is -0.120. The maximum Gasteiger partial charge on any atom is 0.230 e. The van der Waals surface area contributed by atoms with Crippen LogP contribution in [0.15, 0.2) is 89.8 Å². The molecule has 0 aliphatic carbocycles. The summed E-state index contributed by atoms with van der Waals surface area (Å²) < 4.78 is 14.2. The van der Waals surface area contributed by atoms with E-state index in [9.17, 15) is 9.36 Å². The van der Waals surface area contributed by atoms with Gasteiger partial charge in [0.1, 0.15) is 0 Å². The highest BCUT2D eigenvalue weighted by molar-refractivity contribution is 7.99. The molecular weight excluding hydrogens is 421 g/mol. The van der Waals surface area contributed by atoms with E-state index in [1.807, 2.05) is 84.9 Å². The van der Waals surface area contributed by atoms with E-state index in [4.69, 9.17) is 11.6 Å². The van der Waals surface area contributed by atoms with Gasteiger partial charge >= 0.3 is 0 Å². The SMILES string of the molecule is CC(C(=O)NCCSc1ccccc1Cl)P(=O)(c1ccccc1)c1ccccc1. The summed E-state index contributed by atoms with van der Waals surface area (Å²) in [6.07, 6.45) is 0. The molecule has 0 bridgehead atoms. The van der Waals surface area contributed by atoms with Gasteiger partial charge in [0.15, 0.2) is 7.14 Å². The van der Waals surface area contributed by atoms with Crippen LogP contribution in [-0.2, 0) is 9.36 Å². The van der Waals surface area contributed by atoms with Crippen molar-refractivity contribution in [3.05, 3.63) is 90.0 Å². The molecule has 0 heterocycles. The number of nitrogens with one attached hydrogen (secondary N) is 1. The summed E-state index contributed by atoms with van der Waals surface area (Å²) in [7, 11) is -3.13. The second-order valence-electron chi connectivity index (χ2n) is 6.57. The van der Waals surface area contributed by atoms with Crippen LogP contribution in [0.4, 0.5) is 0 Å². The van der Waals surface area contributed by atoms with Crippen molar-refractivity contribution in [1.29, 1.82) is 0 Å². The largest absolute Gasteiger partial charge is 0.355 e. The first kappa shape index (κ1) is 21.7. The molecule has 0 spiro atoms. The lowest BCUT2D eigenvalue weighted by atomic mass is 10.4. The summed E-state index contributed by atoms with van der Waals surface area (Å²) in [5.41, 5.74) is -0.669. The molecule has 3 rings (SSSR count). The van der Waals surface area contributed by atoms with Gasteiger partial charge in [-0.15, -0.1) is 11.8 Å². The summed E-state index contributed by atoms with van der Waals surface area (Å²) in [6, 6.07) is 26.2. The van der Waals surface area contributed by atoms with Crippen molar-refractivity contribution in [1.82, 2.24) is 5.32 Å². The molecular formula is C23H23ClNO2PS. The minimum atomic E-state index is -3.13. The smallest absolute Gasteiger partial charge is 0.230 e. The Balaban J connectivity index is 1.71. The Kier molecular flexibility index (Phi) is 7.60. The van der Waals surface area contributed by atoms with E-state index >= 15 is 0 Å². The molecule has 150 valence electrons. The Labute approximate surface area is 181 Å². The van der Waals surface area contributed by atoms with Crippen LogP contribution in [0.5, 0.6) is 0 Å². The number of amides is 1. The van der Waals surface area contributed by atoms with Crippen molar-refractivity contribution in [2.24, 2.45) is 0 Å². The number of rotatable bonds is 8. The summed E-state index contributed by atoms with van der Waals surface area (Å²) in [4.78, 5) is 13.9. The molecule has 3 aromatic rings. The second kappa shape index (κ2) is 10.2. The Morgan fingerprint density at radius 1 is 0.931 bits per heavy atom. The standard InChI is InChI=1S/C23H23ClNO2PS/c1-18(23(26)25-16-17-29-22-15-9-8-14-21(22)24)28(27,19-10-4-2-5-11-19)20-12-6-3-7-13-20/h2-15,18H,16-17H2,1H3,(H,25,26). The Hall–Kier alpha value is -2.00. The second-order valence-corrected chi connectivity index (χ2v) is 11.2. The maximum absolute atomic E-state index is 14.2. The van der Waals surface area contributed by atoms with Gasteiger partial charge in [0, 0.05) is 27.8 Å². The lowest BCUT2D eigenvalue weighted by Gasteiger charge is -2.25. The molecule has 29 heavy (non-hydrogen) atoms. The van der Waals surface area contributed by atoms with E-state index in [0.29, 0.717) is 27.9 Å². The van der Waals surface area contributed by atoms with Gasteiger partial charge in [-0.05, 0) is 19.1 Å². The number of benzene rings is 3. The molecule has 1 atom stereocenters. The lowest BCUT2D eigenvalue weighted by Crippen LogP contribution is -2.38. The molecule has 0 aliphatic heterocycles. The fourth-order valence-electron chi connectivity index (χ4n) is 3.11. The fourth-order valence-corrected chi connectivity index (χ4v) is 7.05. The highest BCUT2D eigenvalue weighted by Crippen LogP contribution is 2.48. The van der Waals surface area contributed by atoms with E-state index in [2.05, 4.69) is 5.32 Å². The zero-order chi connectivity index (χ0) is 20.7. The molecule has 6 heteroatoms. The Bertz CT molecular complexity index is 955. The normalized spacial score (nSPS) is 12.3. The molecule has 0 saturated heterocycles. The number of hydrogen-bond acceptors (Lipinski definition) is 3. The van der Waals surface area contributed by atoms with Gasteiger partial charge in [-0.1, -0.05) is 84.4 Å². The van der Waals surface area contributed by atoms with Crippen LogP contribution in [0.2, 0.25) is 5.02 Å². The van der Waals surface area contributed by atoms with Crippen molar-refractivity contribution in [2.75, 3.05) is 12.3 Å². The first-order valence-corrected chi connectivity index (χ1v) is 12.5. The van der Waals surface area contributed by atoms with Gasteiger partial charge in [-0.25, -0.2) is 0 Å². The predicted octanol–water partition coefficient (Wildman–Crippen LogP) is 4.95. The van der Waals surface area contributed by atoms with Crippen LogP contribution in [0, 0.1) is 0 Å². The number of carbonyl (C=O) groups is 1. The average molecular weight is 444 g/mol. The molecule has 0 saturated carbocycles.